The van der Waals surface area contributed by atoms with E-state index < -0.39 is 5.97 Å². The van der Waals surface area contributed by atoms with Crippen LogP contribution in [0.4, 0.5) is 0 Å². The zero-order valence-electron chi connectivity index (χ0n) is 11.5. The quantitative estimate of drug-likeness (QED) is 0.806. The van der Waals surface area contributed by atoms with Crippen LogP contribution >= 0.6 is 11.6 Å². The smallest absolute Gasteiger partial charge is 0.338 e. The maximum Gasteiger partial charge on any atom is 0.338 e. The van der Waals surface area contributed by atoms with Gasteiger partial charge in [0.15, 0.2) is 6.61 Å². The van der Waals surface area contributed by atoms with Crippen LogP contribution in [-0.2, 0) is 9.53 Å². The second kappa shape index (κ2) is 6.75. The van der Waals surface area contributed by atoms with Crippen LogP contribution in [0.15, 0.2) is 24.3 Å². The summed E-state index contributed by atoms with van der Waals surface area (Å²) in [7, 11) is 0. The Hall–Kier alpha value is -1.55. The van der Waals surface area contributed by atoms with Crippen LogP contribution in [0.1, 0.15) is 30.1 Å². The van der Waals surface area contributed by atoms with E-state index >= 15 is 0 Å². The summed E-state index contributed by atoms with van der Waals surface area (Å²) < 4.78 is 5.04. The van der Waals surface area contributed by atoms with Crippen LogP contribution in [0.25, 0.3) is 0 Å². The van der Waals surface area contributed by atoms with Crippen molar-refractivity contribution in [1.82, 2.24) is 4.90 Å². The summed E-state index contributed by atoms with van der Waals surface area (Å²) in [6, 6.07) is 6.40. The van der Waals surface area contributed by atoms with Crippen LogP contribution in [0, 0.1) is 5.92 Å². The molecule has 1 saturated heterocycles. The van der Waals surface area contributed by atoms with Gasteiger partial charge in [-0.3, -0.25) is 4.79 Å². The van der Waals surface area contributed by atoms with Gasteiger partial charge < -0.3 is 9.64 Å². The van der Waals surface area contributed by atoms with Crippen molar-refractivity contribution in [2.45, 2.75) is 19.8 Å². The van der Waals surface area contributed by atoms with Crippen molar-refractivity contribution in [3.63, 3.8) is 0 Å². The zero-order valence-corrected chi connectivity index (χ0v) is 12.2. The van der Waals surface area contributed by atoms with Crippen LogP contribution in [0.3, 0.4) is 0 Å². The Kier molecular flexibility index (Phi) is 5.01. The predicted molar refractivity (Wildman–Crippen MR) is 76.7 cm³/mol. The molecular weight excluding hydrogens is 278 g/mol. The molecule has 0 atom stereocenters. The van der Waals surface area contributed by atoms with E-state index in [0.29, 0.717) is 16.5 Å². The van der Waals surface area contributed by atoms with Gasteiger partial charge in [-0.1, -0.05) is 18.5 Å². The highest BCUT2D eigenvalue weighted by atomic mass is 35.5. The van der Waals surface area contributed by atoms with E-state index in [1.807, 2.05) is 0 Å². The van der Waals surface area contributed by atoms with Crippen molar-refractivity contribution >= 4 is 23.5 Å². The molecule has 0 spiro atoms. The number of carbonyl (C=O) groups is 2. The van der Waals surface area contributed by atoms with Gasteiger partial charge >= 0.3 is 5.97 Å². The molecule has 0 bridgehead atoms. The zero-order chi connectivity index (χ0) is 14.5. The number of likely N-dealkylation sites (tertiary alicyclic amines) is 1. The number of halogens is 1. The predicted octanol–water partition coefficient (Wildman–Crippen LogP) is 2.76. The summed E-state index contributed by atoms with van der Waals surface area (Å²) in [4.78, 5) is 25.4. The minimum absolute atomic E-state index is 0.126. The summed E-state index contributed by atoms with van der Waals surface area (Å²) in [5.74, 6) is 0.0373. The van der Waals surface area contributed by atoms with Crippen molar-refractivity contribution in [2.75, 3.05) is 19.7 Å². The monoisotopic (exact) mass is 295 g/mol. The van der Waals surface area contributed by atoms with Crippen LogP contribution < -0.4 is 0 Å². The number of hydrogen-bond acceptors (Lipinski definition) is 3. The first-order valence-corrected chi connectivity index (χ1v) is 7.14. The molecule has 20 heavy (non-hydrogen) atoms. The number of esters is 1. The molecule has 1 aromatic rings. The fourth-order valence-electron chi connectivity index (χ4n) is 2.15. The average molecular weight is 296 g/mol. The standard InChI is InChI=1S/C15H18ClNO3/c1-11-6-8-17(9-7-11)14(18)10-20-15(19)12-2-4-13(16)5-3-12/h2-5,11H,6-10H2,1H3. The number of ether oxygens (including phenoxy) is 1. The summed E-state index contributed by atoms with van der Waals surface area (Å²) in [6.07, 6.45) is 2.02. The molecule has 0 saturated carbocycles. The van der Waals surface area contributed by atoms with Gasteiger partial charge in [-0.25, -0.2) is 4.79 Å². The molecule has 108 valence electrons. The topological polar surface area (TPSA) is 46.6 Å². The van der Waals surface area contributed by atoms with E-state index in [9.17, 15) is 9.59 Å². The maximum atomic E-state index is 11.9. The summed E-state index contributed by atoms with van der Waals surface area (Å²) in [5.41, 5.74) is 0.398. The number of benzene rings is 1. The lowest BCUT2D eigenvalue weighted by molar-refractivity contribution is -0.135. The molecule has 1 fully saturated rings. The Labute approximate surface area is 123 Å². The van der Waals surface area contributed by atoms with Gasteiger partial charge in [-0.2, -0.15) is 0 Å². The third-order valence-corrected chi connectivity index (χ3v) is 3.79. The number of amides is 1. The van der Waals surface area contributed by atoms with Crippen molar-refractivity contribution in [1.29, 1.82) is 0 Å². The van der Waals surface area contributed by atoms with E-state index in [1.54, 1.807) is 29.2 Å². The SMILES string of the molecule is CC1CCN(C(=O)COC(=O)c2ccc(Cl)cc2)CC1. The molecule has 4 nitrogen and oxygen atoms in total. The average Bonchev–Trinajstić information content (AvgIpc) is 2.46. The Bertz CT molecular complexity index is 478. The van der Waals surface area contributed by atoms with Crippen molar-refractivity contribution in [3.8, 4) is 0 Å². The highest BCUT2D eigenvalue weighted by Gasteiger charge is 2.21. The van der Waals surface area contributed by atoms with Gasteiger partial charge in [0.2, 0.25) is 0 Å². The molecule has 1 amide bonds. The normalized spacial score (nSPS) is 16.0. The van der Waals surface area contributed by atoms with E-state index in [2.05, 4.69) is 6.92 Å². The first-order chi connectivity index (χ1) is 9.56. The molecule has 0 unspecified atom stereocenters. The van der Waals surface area contributed by atoms with Gasteiger partial charge in [0.05, 0.1) is 5.56 Å². The van der Waals surface area contributed by atoms with E-state index in [1.165, 1.54) is 0 Å². The highest BCUT2D eigenvalue weighted by molar-refractivity contribution is 6.30. The first-order valence-electron chi connectivity index (χ1n) is 6.76. The first kappa shape index (κ1) is 14.9. The lowest BCUT2D eigenvalue weighted by Crippen LogP contribution is -2.40. The molecule has 1 heterocycles. The molecule has 1 aliphatic rings. The lowest BCUT2D eigenvalue weighted by atomic mass is 9.99. The molecule has 5 heteroatoms. The second-order valence-electron chi connectivity index (χ2n) is 5.15. The van der Waals surface area contributed by atoms with Crippen LogP contribution in [0.2, 0.25) is 5.02 Å². The minimum atomic E-state index is -0.500. The van der Waals surface area contributed by atoms with E-state index in [0.717, 1.165) is 25.9 Å². The van der Waals surface area contributed by atoms with Gasteiger partial charge in [-0.05, 0) is 43.0 Å². The van der Waals surface area contributed by atoms with Crippen molar-refractivity contribution < 1.29 is 14.3 Å². The largest absolute Gasteiger partial charge is 0.452 e. The van der Waals surface area contributed by atoms with E-state index in [4.69, 9.17) is 16.3 Å². The Morgan fingerprint density at radius 2 is 1.85 bits per heavy atom. The number of hydrogen-bond donors (Lipinski definition) is 0. The third kappa shape index (κ3) is 3.97. The van der Waals surface area contributed by atoms with Crippen LogP contribution in [0.5, 0.6) is 0 Å². The van der Waals surface area contributed by atoms with E-state index in [-0.39, 0.29) is 12.5 Å². The van der Waals surface area contributed by atoms with Crippen LogP contribution in [-0.4, -0.2) is 36.5 Å². The molecule has 0 N–H and O–H groups in total. The van der Waals surface area contributed by atoms with Gasteiger partial charge in [-0.15, -0.1) is 0 Å². The highest BCUT2D eigenvalue weighted by Crippen LogP contribution is 2.16. The molecular formula is C15H18ClNO3. The molecule has 1 aliphatic heterocycles. The van der Waals surface area contributed by atoms with Gasteiger partial charge in [0.1, 0.15) is 0 Å². The molecule has 1 aromatic carbocycles. The Morgan fingerprint density at radius 3 is 2.45 bits per heavy atom. The molecule has 0 radical (unpaired) electrons. The number of carbonyl (C=O) groups excluding carboxylic acids is 2. The van der Waals surface area contributed by atoms with Gasteiger partial charge in [0, 0.05) is 18.1 Å². The lowest BCUT2D eigenvalue weighted by Gasteiger charge is -2.30. The fourth-order valence-corrected chi connectivity index (χ4v) is 2.27. The second-order valence-corrected chi connectivity index (χ2v) is 5.58. The minimum Gasteiger partial charge on any atom is -0.452 e. The summed E-state index contributed by atoms with van der Waals surface area (Å²) >= 11 is 5.74. The molecule has 0 aliphatic carbocycles. The summed E-state index contributed by atoms with van der Waals surface area (Å²) in [6.45, 7) is 3.48. The molecule has 0 aromatic heterocycles. The number of piperidine rings is 1. The maximum absolute atomic E-state index is 11.9. The molecule has 2 rings (SSSR count). The third-order valence-electron chi connectivity index (χ3n) is 3.54. The van der Waals surface area contributed by atoms with Crippen molar-refractivity contribution in [2.24, 2.45) is 5.92 Å². The summed E-state index contributed by atoms with van der Waals surface area (Å²) in [5, 5.41) is 0.556. The van der Waals surface area contributed by atoms with Crippen molar-refractivity contribution in [3.05, 3.63) is 34.9 Å². The Balaban J connectivity index is 1.81. The Morgan fingerprint density at radius 1 is 1.25 bits per heavy atom. The number of rotatable bonds is 3. The number of nitrogens with zero attached hydrogens (tertiary/aromatic N) is 1. The van der Waals surface area contributed by atoms with Gasteiger partial charge in [0.25, 0.3) is 5.91 Å². The fraction of sp³-hybridized carbons (Fsp3) is 0.467.